The van der Waals surface area contributed by atoms with Gasteiger partial charge in [-0.2, -0.15) is 0 Å². The standard InChI is InChI=1S/C13H18F3NO2S/c1-9(17-20(18)12(2,3)4)10-5-7-11(8-6-10)19-13(14,15)16/h5-9,17H,1-4H3/t9-,20-/m1/s1. The van der Waals surface area contributed by atoms with Crippen LogP contribution in [0.3, 0.4) is 0 Å². The third kappa shape index (κ3) is 5.60. The molecule has 1 rings (SSSR count). The molecule has 0 aliphatic carbocycles. The molecule has 1 aromatic carbocycles. The lowest BCUT2D eigenvalue weighted by Gasteiger charge is -2.26. The molecule has 0 unspecified atom stereocenters. The molecule has 0 aromatic heterocycles. The topological polar surface area (TPSA) is 44.3 Å². The minimum atomic E-state index is -4.70. The van der Waals surface area contributed by atoms with Gasteiger partial charge in [0.1, 0.15) is 10.5 Å². The third-order valence-electron chi connectivity index (χ3n) is 2.45. The van der Waals surface area contributed by atoms with Gasteiger partial charge < -0.3 is 9.29 Å². The van der Waals surface area contributed by atoms with E-state index in [1.54, 1.807) is 6.92 Å². The van der Waals surface area contributed by atoms with Crippen molar-refractivity contribution in [3.63, 3.8) is 0 Å². The zero-order valence-electron chi connectivity index (χ0n) is 11.7. The highest BCUT2D eigenvalue weighted by Gasteiger charge is 2.31. The Hall–Kier alpha value is -0.920. The van der Waals surface area contributed by atoms with Gasteiger partial charge in [-0.15, -0.1) is 17.9 Å². The smallest absolute Gasteiger partial charge is 0.573 e. The van der Waals surface area contributed by atoms with E-state index in [0.717, 1.165) is 5.56 Å². The lowest BCUT2D eigenvalue weighted by atomic mass is 10.1. The summed E-state index contributed by atoms with van der Waals surface area (Å²) in [6.07, 6.45) is -4.70. The zero-order chi connectivity index (χ0) is 15.6. The summed E-state index contributed by atoms with van der Waals surface area (Å²) in [5, 5.41) is 0. The fourth-order valence-electron chi connectivity index (χ4n) is 1.36. The number of halogens is 3. The predicted octanol–water partition coefficient (Wildman–Crippen LogP) is 3.70. The summed E-state index contributed by atoms with van der Waals surface area (Å²) in [5.74, 6) is -0.273. The molecule has 3 nitrogen and oxygen atoms in total. The summed E-state index contributed by atoms with van der Waals surface area (Å²) in [6, 6.07) is 5.26. The Labute approximate surface area is 119 Å². The van der Waals surface area contributed by atoms with Crippen LogP contribution in [0.1, 0.15) is 39.3 Å². The van der Waals surface area contributed by atoms with Crippen LogP contribution < -0.4 is 9.46 Å². The summed E-state index contributed by atoms with van der Waals surface area (Å²) in [5.41, 5.74) is 0.733. The number of ether oxygens (including phenoxy) is 1. The second-order valence-electron chi connectivity index (χ2n) is 5.34. The molecule has 1 N–H and O–H groups in total. The Morgan fingerprint density at radius 3 is 2.05 bits per heavy atom. The molecule has 114 valence electrons. The molecule has 0 spiro atoms. The predicted molar refractivity (Wildman–Crippen MR) is 72.6 cm³/mol. The summed E-state index contributed by atoms with van der Waals surface area (Å²) < 4.78 is 54.3. The van der Waals surface area contributed by atoms with E-state index in [4.69, 9.17) is 0 Å². The number of benzene rings is 1. The van der Waals surface area contributed by atoms with Crippen LogP contribution >= 0.6 is 0 Å². The van der Waals surface area contributed by atoms with Crippen LogP contribution in [0.15, 0.2) is 24.3 Å². The van der Waals surface area contributed by atoms with Gasteiger partial charge in [0.2, 0.25) is 0 Å². The van der Waals surface area contributed by atoms with Crippen LogP contribution in [0.25, 0.3) is 0 Å². The number of hydrogen-bond acceptors (Lipinski definition) is 3. The average Bonchev–Trinajstić information content (AvgIpc) is 2.26. The van der Waals surface area contributed by atoms with E-state index in [0.29, 0.717) is 0 Å². The van der Waals surface area contributed by atoms with Crippen LogP contribution in [0.2, 0.25) is 0 Å². The molecular weight excluding hydrogens is 291 g/mol. The molecule has 2 atom stereocenters. The van der Waals surface area contributed by atoms with Crippen molar-refractivity contribution in [2.75, 3.05) is 0 Å². The minimum Gasteiger partial charge on any atom is -0.598 e. The monoisotopic (exact) mass is 309 g/mol. The summed E-state index contributed by atoms with van der Waals surface area (Å²) in [4.78, 5) is 0. The minimum absolute atomic E-state index is 0.241. The van der Waals surface area contributed by atoms with Crippen molar-refractivity contribution in [1.82, 2.24) is 4.72 Å². The molecular formula is C13H18F3NO2S. The highest BCUT2D eigenvalue weighted by atomic mass is 32.2. The zero-order valence-corrected chi connectivity index (χ0v) is 12.6. The average molecular weight is 309 g/mol. The molecule has 1 aromatic rings. The van der Waals surface area contributed by atoms with E-state index < -0.39 is 22.5 Å². The molecule has 0 radical (unpaired) electrons. The van der Waals surface area contributed by atoms with Crippen LogP contribution in [0.5, 0.6) is 5.75 Å². The van der Waals surface area contributed by atoms with Crippen molar-refractivity contribution in [1.29, 1.82) is 0 Å². The number of rotatable bonds is 4. The van der Waals surface area contributed by atoms with E-state index in [1.807, 2.05) is 20.8 Å². The first kappa shape index (κ1) is 17.1. The maximum absolute atomic E-state index is 12.0. The van der Waals surface area contributed by atoms with Crippen molar-refractivity contribution in [2.24, 2.45) is 0 Å². The van der Waals surface area contributed by atoms with Gasteiger partial charge in [-0.3, -0.25) is 0 Å². The van der Waals surface area contributed by atoms with Crippen LogP contribution in [-0.4, -0.2) is 15.7 Å². The molecule has 0 aliphatic rings. The molecule has 0 saturated carbocycles. The van der Waals surface area contributed by atoms with E-state index in [9.17, 15) is 17.7 Å². The van der Waals surface area contributed by atoms with E-state index in [-0.39, 0.29) is 11.8 Å². The van der Waals surface area contributed by atoms with Gasteiger partial charge >= 0.3 is 6.36 Å². The summed E-state index contributed by atoms with van der Waals surface area (Å²) >= 11 is -1.25. The van der Waals surface area contributed by atoms with Crippen molar-refractivity contribution >= 4 is 11.4 Å². The van der Waals surface area contributed by atoms with Crippen LogP contribution in [0.4, 0.5) is 13.2 Å². The molecule has 7 heteroatoms. The second kappa shape index (κ2) is 6.24. The Kier molecular flexibility index (Phi) is 5.34. The Balaban J connectivity index is 2.69. The fraction of sp³-hybridized carbons (Fsp3) is 0.538. The quantitative estimate of drug-likeness (QED) is 0.863. The summed E-state index contributed by atoms with van der Waals surface area (Å²) in [7, 11) is 0. The van der Waals surface area contributed by atoms with Crippen molar-refractivity contribution in [3.05, 3.63) is 29.8 Å². The van der Waals surface area contributed by atoms with Crippen LogP contribution in [0, 0.1) is 0 Å². The normalized spacial score (nSPS) is 15.8. The van der Waals surface area contributed by atoms with Gasteiger partial charge in [0.25, 0.3) is 0 Å². The first-order valence-corrected chi connectivity index (χ1v) is 7.18. The van der Waals surface area contributed by atoms with E-state index in [1.165, 1.54) is 24.3 Å². The fourth-order valence-corrected chi connectivity index (χ4v) is 2.17. The highest BCUT2D eigenvalue weighted by Crippen LogP contribution is 2.25. The lowest BCUT2D eigenvalue weighted by molar-refractivity contribution is -0.274. The summed E-state index contributed by atoms with van der Waals surface area (Å²) in [6.45, 7) is 7.30. The number of hydrogen-bond donors (Lipinski definition) is 1. The van der Waals surface area contributed by atoms with Gasteiger partial charge in [0.05, 0.1) is 6.04 Å². The highest BCUT2D eigenvalue weighted by molar-refractivity contribution is 7.90. The van der Waals surface area contributed by atoms with Gasteiger partial charge in [0, 0.05) is 11.4 Å². The molecule has 0 saturated heterocycles. The molecule has 20 heavy (non-hydrogen) atoms. The largest absolute Gasteiger partial charge is 0.598 e. The SMILES string of the molecule is C[C@@H](N[S@+]([O-])C(C)(C)C)c1ccc(OC(F)(F)F)cc1. The second-order valence-corrected chi connectivity index (χ2v) is 7.34. The van der Waals surface area contributed by atoms with Crippen molar-refractivity contribution < 1.29 is 22.5 Å². The van der Waals surface area contributed by atoms with E-state index in [2.05, 4.69) is 9.46 Å². The van der Waals surface area contributed by atoms with E-state index >= 15 is 0 Å². The molecule has 0 amide bonds. The van der Waals surface area contributed by atoms with Crippen molar-refractivity contribution in [2.45, 2.75) is 44.8 Å². The van der Waals surface area contributed by atoms with Crippen molar-refractivity contribution in [3.8, 4) is 5.75 Å². The van der Waals surface area contributed by atoms with Gasteiger partial charge in [0.15, 0.2) is 0 Å². The van der Waals surface area contributed by atoms with Gasteiger partial charge in [-0.1, -0.05) is 12.1 Å². The Morgan fingerprint density at radius 2 is 1.65 bits per heavy atom. The van der Waals surface area contributed by atoms with Crippen LogP contribution in [-0.2, 0) is 11.4 Å². The van der Waals surface area contributed by atoms with Gasteiger partial charge in [-0.05, 0) is 45.4 Å². The lowest BCUT2D eigenvalue weighted by Crippen LogP contribution is -2.40. The van der Waals surface area contributed by atoms with Gasteiger partial charge in [-0.25, -0.2) is 0 Å². The maximum atomic E-state index is 12.0. The third-order valence-corrected chi connectivity index (χ3v) is 4.13. The first-order valence-electron chi connectivity index (χ1n) is 6.03. The maximum Gasteiger partial charge on any atom is 0.573 e. The molecule has 0 fully saturated rings. The molecule has 0 aliphatic heterocycles. The number of alkyl halides is 3. The number of nitrogens with one attached hydrogen (secondary N) is 1. The molecule has 0 heterocycles. The Morgan fingerprint density at radius 1 is 1.15 bits per heavy atom. The Bertz CT molecular complexity index is 429. The molecule has 0 bridgehead atoms. The first-order chi connectivity index (χ1) is 8.99.